The highest BCUT2D eigenvalue weighted by Gasteiger charge is 2.59. The maximum Gasteiger partial charge on any atom is 0.243 e. The number of rotatable bonds is 4. The predicted octanol–water partition coefficient (Wildman–Crippen LogP) is 2.12. The van der Waals surface area contributed by atoms with E-state index in [1.807, 2.05) is 25.4 Å². The van der Waals surface area contributed by atoms with Crippen LogP contribution in [-0.2, 0) is 10.0 Å². The van der Waals surface area contributed by atoms with Crippen LogP contribution in [0, 0.1) is 16.7 Å². The first-order valence-corrected chi connectivity index (χ1v) is 10.9. The average Bonchev–Trinajstić information content (AvgIpc) is 3.16. The van der Waals surface area contributed by atoms with Crippen molar-refractivity contribution in [2.45, 2.75) is 23.8 Å². The fourth-order valence-corrected chi connectivity index (χ4v) is 6.03. The number of hydrogen-bond donors (Lipinski definition) is 1. The molecule has 3 aromatic rings. The lowest BCUT2D eigenvalue weighted by Gasteiger charge is -2.30. The van der Waals surface area contributed by atoms with Crippen LogP contribution in [0.15, 0.2) is 47.8 Å². The molecule has 3 heterocycles. The van der Waals surface area contributed by atoms with Gasteiger partial charge in [0.15, 0.2) is 0 Å². The normalized spacial score (nSPS) is 20.8. The summed E-state index contributed by atoms with van der Waals surface area (Å²) in [7, 11) is -1.69. The van der Waals surface area contributed by atoms with Crippen LogP contribution >= 0.6 is 0 Å². The molecule has 1 saturated heterocycles. The zero-order valence-corrected chi connectivity index (χ0v) is 16.7. The molecule has 9 heteroatoms. The molecule has 1 aromatic carbocycles. The third kappa shape index (κ3) is 2.79. The Labute approximate surface area is 168 Å². The zero-order chi connectivity index (χ0) is 20.2. The van der Waals surface area contributed by atoms with Gasteiger partial charge in [0.2, 0.25) is 10.0 Å². The van der Waals surface area contributed by atoms with Gasteiger partial charge in [0.25, 0.3) is 0 Å². The van der Waals surface area contributed by atoms with Gasteiger partial charge in [-0.3, -0.25) is 0 Å². The molecule has 1 unspecified atom stereocenters. The number of aromatic nitrogens is 3. The van der Waals surface area contributed by atoms with Crippen molar-refractivity contribution in [1.82, 2.24) is 19.3 Å². The van der Waals surface area contributed by atoms with Gasteiger partial charge in [-0.25, -0.2) is 18.4 Å². The van der Waals surface area contributed by atoms with E-state index in [-0.39, 0.29) is 16.4 Å². The van der Waals surface area contributed by atoms with E-state index in [0.29, 0.717) is 18.7 Å². The van der Waals surface area contributed by atoms with E-state index in [2.05, 4.69) is 19.9 Å². The Morgan fingerprint density at radius 1 is 1.31 bits per heavy atom. The van der Waals surface area contributed by atoms with Crippen LogP contribution in [0.25, 0.3) is 11.0 Å². The number of anilines is 1. The molecule has 1 N–H and O–H groups in total. The van der Waals surface area contributed by atoms with Crippen molar-refractivity contribution >= 4 is 26.9 Å². The zero-order valence-electron chi connectivity index (χ0n) is 15.9. The lowest BCUT2D eigenvalue weighted by Crippen LogP contribution is -2.40. The molecule has 0 bridgehead atoms. The second-order valence-electron chi connectivity index (χ2n) is 7.86. The molecule has 5 rings (SSSR count). The van der Waals surface area contributed by atoms with E-state index in [9.17, 15) is 8.42 Å². The van der Waals surface area contributed by atoms with Gasteiger partial charge in [0, 0.05) is 31.7 Å². The Bertz CT molecular complexity index is 1240. The number of hydrogen-bond acceptors (Lipinski definition) is 6. The van der Waals surface area contributed by atoms with Crippen molar-refractivity contribution in [3.8, 4) is 6.07 Å². The summed E-state index contributed by atoms with van der Waals surface area (Å²) in [5.41, 5.74) is 1.06. The minimum Gasteiger partial charge on any atom is -0.354 e. The van der Waals surface area contributed by atoms with Gasteiger partial charge in [-0.1, -0.05) is 6.07 Å². The highest BCUT2D eigenvalue weighted by molar-refractivity contribution is 7.89. The highest BCUT2D eigenvalue weighted by Crippen LogP contribution is 2.55. The first kappa shape index (κ1) is 18.1. The topological polar surface area (TPSA) is 106 Å². The van der Waals surface area contributed by atoms with E-state index in [4.69, 9.17) is 5.26 Å². The fraction of sp³-hybridized carbons (Fsp3) is 0.350. The van der Waals surface area contributed by atoms with E-state index in [1.54, 1.807) is 22.5 Å². The molecule has 1 atom stereocenters. The van der Waals surface area contributed by atoms with Crippen molar-refractivity contribution in [2.24, 2.45) is 5.41 Å². The van der Waals surface area contributed by atoms with Crippen LogP contribution in [0.4, 0.5) is 5.82 Å². The summed E-state index contributed by atoms with van der Waals surface area (Å²) in [6, 6.07) is 10.2. The van der Waals surface area contributed by atoms with Gasteiger partial charge < -0.3 is 9.88 Å². The number of benzene rings is 1. The average molecular weight is 408 g/mol. The molecule has 148 valence electrons. The first-order chi connectivity index (χ1) is 13.9. The summed E-state index contributed by atoms with van der Waals surface area (Å²) < 4.78 is 28.1. The van der Waals surface area contributed by atoms with Crippen molar-refractivity contribution in [3.63, 3.8) is 0 Å². The Balaban J connectivity index is 1.48. The fourth-order valence-electron chi connectivity index (χ4n) is 4.44. The third-order valence-corrected chi connectivity index (χ3v) is 8.01. The third-order valence-electron chi connectivity index (χ3n) is 6.20. The van der Waals surface area contributed by atoms with Crippen LogP contribution in [0.2, 0.25) is 0 Å². The largest absolute Gasteiger partial charge is 0.354 e. The second kappa shape index (κ2) is 6.27. The maximum absolute atomic E-state index is 13.3. The second-order valence-corrected chi connectivity index (χ2v) is 9.80. The Kier molecular flexibility index (Phi) is 3.91. The summed E-state index contributed by atoms with van der Waals surface area (Å²) in [4.78, 5) is 14.1. The molecular formula is C20H20N6O2S. The summed E-state index contributed by atoms with van der Waals surface area (Å²) in [5.74, 6) is 0.804. The number of H-pyrrole nitrogens is 1. The minimum atomic E-state index is -3.67. The van der Waals surface area contributed by atoms with E-state index >= 15 is 0 Å². The monoisotopic (exact) mass is 408 g/mol. The summed E-state index contributed by atoms with van der Waals surface area (Å²) in [5, 5.41) is 10.0. The van der Waals surface area contributed by atoms with Gasteiger partial charge in [0.1, 0.15) is 17.8 Å². The first-order valence-electron chi connectivity index (χ1n) is 9.46. The smallest absolute Gasteiger partial charge is 0.243 e. The standard InChI is InChI=1S/C20H20N6O2S/c1-25(19-16-5-8-22-18(16)23-13-24-19)17-11-26(12-20(17)6-7-20)29(27,28)15-4-2-3-14(9-15)10-21/h2-5,8-9,13,17H,6-7,11-12H2,1H3,(H,22,23,24). The number of aromatic amines is 1. The van der Waals surface area contributed by atoms with Crippen molar-refractivity contribution in [1.29, 1.82) is 5.26 Å². The Hall–Kier alpha value is -2.96. The molecule has 2 aromatic heterocycles. The number of sulfonamides is 1. The Morgan fingerprint density at radius 3 is 2.90 bits per heavy atom. The van der Waals surface area contributed by atoms with E-state index < -0.39 is 10.0 Å². The van der Waals surface area contributed by atoms with Gasteiger partial charge >= 0.3 is 0 Å². The predicted molar refractivity (Wildman–Crippen MR) is 108 cm³/mol. The van der Waals surface area contributed by atoms with Crippen molar-refractivity contribution < 1.29 is 8.42 Å². The van der Waals surface area contributed by atoms with Gasteiger partial charge in [-0.05, 0) is 37.1 Å². The van der Waals surface area contributed by atoms with Crippen LogP contribution in [0.1, 0.15) is 18.4 Å². The summed E-state index contributed by atoms with van der Waals surface area (Å²) in [6.07, 6.45) is 5.35. The molecule has 2 fully saturated rings. The SMILES string of the molecule is CN(c1ncnc2[nH]ccc12)C1CN(S(=O)(=O)c2cccc(C#N)c2)CC12CC2. The number of nitrogens with zero attached hydrogens (tertiary/aromatic N) is 5. The molecule has 1 aliphatic heterocycles. The molecular weight excluding hydrogens is 388 g/mol. The van der Waals surface area contributed by atoms with E-state index in [0.717, 1.165) is 29.7 Å². The van der Waals surface area contributed by atoms with Gasteiger partial charge in [-0.15, -0.1) is 0 Å². The molecule has 0 radical (unpaired) electrons. The summed E-state index contributed by atoms with van der Waals surface area (Å²) >= 11 is 0. The Morgan fingerprint density at radius 2 is 2.14 bits per heavy atom. The van der Waals surface area contributed by atoms with Crippen LogP contribution in [0.3, 0.4) is 0 Å². The number of likely N-dealkylation sites (N-methyl/N-ethyl adjacent to an activating group) is 1. The van der Waals surface area contributed by atoms with E-state index in [1.165, 1.54) is 12.4 Å². The van der Waals surface area contributed by atoms with Crippen molar-refractivity contribution in [2.75, 3.05) is 25.0 Å². The van der Waals surface area contributed by atoms with Crippen molar-refractivity contribution in [3.05, 3.63) is 48.4 Å². The molecule has 8 nitrogen and oxygen atoms in total. The quantitative estimate of drug-likeness (QED) is 0.709. The molecule has 2 aliphatic rings. The lowest BCUT2D eigenvalue weighted by molar-refractivity contribution is 0.446. The van der Waals surface area contributed by atoms with Gasteiger partial charge in [0.05, 0.1) is 28.0 Å². The molecule has 1 saturated carbocycles. The summed E-state index contributed by atoms with van der Waals surface area (Å²) in [6.45, 7) is 0.883. The van der Waals surface area contributed by atoms with Gasteiger partial charge in [-0.2, -0.15) is 9.57 Å². The molecule has 29 heavy (non-hydrogen) atoms. The van der Waals surface area contributed by atoms with Crippen LogP contribution in [-0.4, -0.2) is 53.9 Å². The van der Waals surface area contributed by atoms with Crippen LogP contribution in [0.5, 0.6) is 0 Å². The maximum atomic E-state index is 13.3. The minimum absolute atomic E-state index is 0.0319. The van der Waals surface area contributed by atoms with Crippen LogP contribution < -0.4 is 4.90 Å². The number of nitriles is 1. The molecule has 0 amide bonds. The lowest BCUT2D eigenvalue weighted by atomic mass is 9.99. The number of nitrogens with one attached hydrogen (secondary N) is 1. The number of fused-ring (bicyclic) bond motifs is 1. The highest BCUT2D eigenvalue weighted by atomic mass is 32.2. The molecule has 1 aliphatic carbocycles. The molecule has 1 spiro atoms.